The van der Waals surface area contributed by atoms with E-state index in [0.29, 0.717) is 12.6 Å². The maximum Gasteiger partial charge on any atom is 0.179 e. The van der Waals surface area contributed by atoms with Crippen molar-refractivity contribution in [2.75, 3.05) is 19.8 Å². The third kappa shape index (κ3) is 7.11. The first kappa shape index (κ1) is 29.1. The van der Waals surface area contributed by atoms with Gasteiger partial charge in [-0.1, -0.05) is 65.9 Å². The molecule has 0 radical (unpaired) electrons. The van der Waals surface area contributed by atoms with Gasteiger partial charge in [-0.2, -0.15) is 0 Å². The smallest absolute Gasteiger partial charge is 0.179 e. The maximum atomic E-state index is 13.6. The minimum Gasteiger partial charge on any atom is -0.468 e. The average molecular weight is 563 g/mol. The predicted molar refractivity (Wildman–Crippen MR) is 153 cm³/mol. The molecule has 0 bridgehead atoms. The lowest BCUT2D eigenvalue weighted by Gasteiger charge is -2.36. The van der Waals surface area contributed by atoms with Crippen molar-refractivity contribution >= 4 is 36.2 Å². The normalized spacial score (nSPS) is 14.2. The molecule has 7 heteroatoms. The number of ether oxygens (including phenoxy) is 1. The van der Waals surface area contributed by atoms with Gasteiger partial charge in [-0.15, -0.1) is 24.8 Å². The van der Waals surface area contributed by atoms with Crippen LogP contribution in [0.15, 0.2) is 84.9 Å². The quantitative estimate of drug-likeness (QED) is 0.223. The van der Waals surface area contributed by atoms with E-state index in [4.69, 9.17) is 4.74 Å². The molecule has 5 rings (SSSR count). The largest absolute Gasteiger partial charge is 0.468 e. The van der Waals surface area contributed by atoms with Gasteiger partial charge in [-0.05, 0) is 72.7 Å². The molecule has 37 heavy (non-hydrogen) atoms. The number of hydrogen-bond donors (Lipinski definition) is 0. The highest BCUT2D eigenvalue weighted by molar-refractivity contribution is 7.17. The van der Waals surface area contributed by atoms with E-state index in [1.54, 1.807) is 11.3 Å². The molecule has 0 atom stereocenters. The number of rotatable bonds is 7. The second-order valence-corrected chi connectivity index (χ2v) is 10.3. The Morgan fingerprint density at radius 3 is 1.92 bits per heavy atom. The summed E-state index contributed by atoms with van der Waals surface area (Å²) in [6.45, 7) is 4.53. The lowest BCUT2D eigenvalue weighted by atomic mass is 9.76. The Balaban J connectivity index is 0.00000190. The van der Waals surface area contributed by atoms with Gasteiger partial charge in [-0.3, -0.25) is 4.90 Å². The van der Waals surface area contributed by atoms with Crippen molar-refractivity contribution in [1.82, 2.24) is 4.90 Å². The highest BCUT2D eigenvalue weighted by Crippen LogP contribution is 2.39. The van der Waals surface area contributed by atoms with Crippen LogP contribution >= 0.6 is 36.2 Å². The Morgan fingerprint density at radius 1 is 0.838 bits per heavy atom. The Kier molecular flexibility index (Phi) is 10.5. The lowest BCUT2D eigenvalue weighted by Crippen LogP contribution is -2.38. The number of aryl methyl sites for hydroxylation is 1. The summed E-state index contributed by atoms with van der Waals surface area (Å²) >= 11 is 1.69. The van der Waals surface area contributed by atoms with Crippen molar-refractivity contribution in [1.29, 1.82) is 0 Å². The van der Waals surface area contributed by atoms with Crippen LogP contribution in [0.4, 0.5) is 8.78 Å². The number of halogens is 4. The highest BCUT2D eigenvalue weighted by atomic mass is 35.5. The van der Waals surface area contributed by atoms with Crippen molar-refractivity contribution in [3.8, 4) is 15.5 Å². The molecule has 4 aromatic rings. The molecule has 0 saturated carbocycles. The van der Waals surface area contributed by atoms with E-state index in [-0.39, 0.29) is 42.4 Å². The fourth-order valence-corrected chi connectivity index (χ4v) is 6.02. The van der Waals surface area contributed by atoms with Crippen molar-refractivity contribution in [3.63, 3.8) is 0 Å². The third-order valence-corrected chi connectivity index (χ3v) is 8.07. The van der Waals surface area contributed by atoms with Gasteiger partial charge < -0.3 is 4.74 Å². The SMILES string of the molecule is Cc1cc(-c2ccccc2)sc1OCN1CCC(C(c2ccc(F)cc2)c2ccc(F)cc2)CC1.Cl.Cl. The van der Waals surface area contributed by atoms with Crippen LogP contribution in [-0.2, 0) is 0 Å². The second-order valence-electron chi connectivity index (χ2n) is 9.26. The molecule has 0 amide bonds. The average Bonchev–Trinajstić information content (AvgIpc) is 3.27. The first-order valence-corrected chi connectivity index (χ1v) is 12.9. The highest BCUT2D eigenvalue weighted by Gasteiger charge is 2.29. The Morgan fingerprint density at radius 2 is 1.38 bits per heavy atom. The molecule has 0 aliphatic carbocycles. The van der Waals surface area contributed by atoms with E-state index in [1.165, 1.54) is 34.7 Å². The monoisotopic (exact) mass is 561 g/mol. The van der Waals surface area contributed by atoms with E-state index in [0.717, 1.165) is 47.7 Å². The fourth-order valence-electron chi connectivity index (χ4n) is 5.00. The zero-order chi connectivity index (χ0) is 24.2. The van der Waals surface area contributed by atoms with E-state index < -0.39 is 0 Å². The number of benzene rings is 3. The molecule has 2 heterocycles. The molecule has 0 spiro atoms. The van der Waals surface area contributed by atoms with Crippen molar-refractivity contribution < 1.29 is 13.5 Å². The zero-order valence-electron chi connectivity index (χ0n) is 20.6. The summed E-state index contributed by atoms with van der Waals surface area (Å²) in [6, 6.07) is 26.1. The molecule has 1 aliphatic heterocycles. The van der Waals surface area contributed by atoms with Gasteiger partial charge in [0.2, 0.25) is 0 Å². The molecule has 1 saturated heterocycles. The standard InChI is InChI=1S/C30H29F2NOS.2ClH/c1-21-19-28(22-5-3-2-4-6-22)35-30(21)34-20-33-17-15-25(16-18-33)29(23-7-11-26(31)12-8-23)24-9-13-27(32)14-10-24;;/h2-14,19,25,29H,15-18,20H2,1H3;2*1H. The molecule has 1 fully saturated rings. The molecule has 0 N–H and O–H groups in total. The van der Waals surface area contributed by atoms with Crippen LogP contribution in [0.5, 0.6) is 5.06 Å². The van der Waals surface area contributed by atoms with Gasteiger partial charge in [0.1, 0.15) is 18.4 Å². The van der Waals surface area contributed by atoms with Gasteiger partial charge in [0.25, 0.3) is 0 Å². The molecule has 1 aromatic heterocycles. The van der Waals surface area contributed by atoms with Crippen LogP contribution < -0.4 is 4.74 Å². The van der Waals surface area contributed by atoms with Gasteiger partial charge in [0.05, 0.1) is 0 Å². The maximum absolute atomic E-state index is 13.6. The topological polar surface area (TPSA) is 12.5 Å². The summed E-state index contributed by atoms with van der Waals surface area (Å²) in [4.78, 5) is 3.57. The predicted octanol–water partition coefficient (Wildman–Crippen LogP) is 8.73. The molecule has 0 unspecified atom stereocenters. The van der Waals surface area contributed by atoms with Gasteiger partial charge >= 0.3 is 0 Å². The summed E-state index contributed by atoms with van der Waals surface area (Å²) in [6.07, 6.45) is 2.00. The van der Waals surface area contributed by atoms with Crippen molar-refractivity contribution in [3.05, 3.63) is 113 Å². The van der Waals surface area contributed by atoms with Crippen LogP contribution in [0.3, 0.4) is 0 Å². The summed E-state index contributed by atoms with van der Waals surface area (Å²) in [5.41, 5.74) is 4.53. The minimum absolute atomic E-state index is 0. The van der Waals surface area contributed by atoms with E-state index in [9.17, 15) is 8.78 Å². The Labute approximate surface area is 234 Å². The number of hydrogen-bond acceptors (Lipinski definition) is 3. The minimum atomic E-state index is -0.238. The zero-order valence-corrected chi connectivity index (χ0v) is 23.1. The number of likely N-dealkylation sites (tertiary alicyclic amines) is 1. The first-order chi connectivity index (χ1) is 17.1. The van der Waals surface area contributed by atoms with Crippen molar-refractivity contribution in [2.24, 2.45) is 5.92 Å². The van der Waals surface area contributed by atoms with E-state index >= 15 is 0 Å². The molecular formula is C30H31Cl2F2NOS. The summed E-state index contributed by atoms with van der Waals surface area (Å²) < 4.78 is 33.4. The fraction of sp³-hybridized carbons (Fsp3) is 0.267. The van der Waals surface area contributed by atoms with Crippen LogP contribution in [-0.4, -0.2) is 24.7 Å². The molecule has 196 valence electrons. The Bertz CT molecular complexity index is 1200. The lowest BCUT2D eigenvalue weighted by molar-refractivity contribution is 0.0866. The molecule has 1 aliphatic rings. The summed E-state index contributed by atoms with van der Waals surface area (Å²) in [7, 11) is 0. The number of nitrogens with zero attached hydrogens (tertiary/aromatic N) is 1. The number of piperidine rings is 1. The number of thiophene rings is 1. The summed E-state index contributed by atoms with van der Waals surface area (Å²) in [5.74, 6) is 0.0401. The third-order valence-electron chi connectivity index (χ3n) is 6.87. The van der Waals surface area contributed by atoms with Gasteiger partial charge in [0.15, 0.2) is 5.06 Å². The molecule has 2 nitrogen and oxygen atoms in total. The van der Waals surface area contributed by atoms with E-state index in [2.05, 4.69) is 42.2 Å². The van der Waals surface area contributed by atoms with E-state index in [1.807, 2.05) is 30.3 Å². The summed E-state index contributed by atoms with van der Waals surface area (Å²) in [5, 5.41) is 0.974. The van der Waals surface area contributed by atoms with Crippen molar-refractivity contribution in [2.45, 2.75) is 25.7 Å². The van der Waals surface area contributed by atoms with Crippen LogP contribution in [0, 0.1) is 24.5 Å². The van der Waals surface area contributed by atoms with Crippen LogP contribution in [0.1, 0.15) is 35.4 Å². The van der Waals surface area contributed by atoms with Gasteiger partial charge in [-0.25, -0.2) is 8.78 Å². The molecular weight excluding hydrogens is 531 g/mol. The molecule has 3 aromatic carbocycles. The van der Waals surface area contributed by atoms with Gasteiger partial charge in [0, 0.05) is 29.4 Å². The Hall–Kier alpha value is -2.44. The second kappa shape index (κ2) is 13.4. The van der Waals surface area contributed by atoms with Crippen LogP contribution in [0.2, 0.25) is 0 Å². The first-order valence-electron chi connectivity index (χ1n) is 12.1. The van der Waals surface area contributed by atoms with Crippen LogP contribution in [0.25, 0.3) is 10.4 Å².